The Morgan fingerprint density at radius 2 is 1.85 bits per heavy atom. The first kappa shape index (κ1) is 21.8. The van der Waals surface area contributed by atoms with Gasteiger partial charge in [-0.1, -0.05) is 40.0 Å². The number of hydrogen-bond donors (Lipinski definition) is 1. The van der Waals surface area contributed by atoms with E-state index in [0.717, 1.165) is 44.2 Å². The number of nitrogens with one attached hydrogen (secondary N) is 1. The highest BCUT2D eigenvalue weighted by molar-refractivity contribution is 7.89. The first-order valence-electron chi connectivity index (χ1n) is 9.83. The number of rotatable bonds is 8. The molecule has 1 amide bonds. The zero-order chi connectivity index (χ0) is 20.0. The number of halogens is 1. The molecule has 1 aromatic carbocycles. The van der Waals surface area contributed by atoms with Gasteiger partial charge >= 0.3 is 0 Å². The molecule has 0 aliphatic carbocycles. The minimum atomic E-state index is -3.75. The Balaban J connectivity index is 2.14. The van der Waals surface area contributed by atoms with E-state index in [1.165, 1.54) is 10.4 Å². The summed E-state index contributed by atoms with van der Waals surface area (Å²) in [5.74, 6) is -0.730. The number of amides is 1. The Morgan fingerprint density at radius 3 is 2.48 bits per heavy atom. The number of sulfonamides is 1. The van der Waals surface area contributed by atoms with Crippen LogP contribution in [0.1, 0.15) is 63.2 Å². The topological polar surface area (TPSA) is 66.5 Å². The van der Waals surface area contributed by atoms with Gasteiger partial charge in [0.25, 0.3) is 5.91 Å². The molecule has 5 nitrogen and oxygen atoms in total. The van der Waals surface area contributed by atoms with E-state index < -0.39 is 21.7 Å². The molecule has 152 valence electrons. The molecule has 0 aromatic heterocycles. The van der Waals surface area contributed by atoms with Gasteiger partial charge in [-0.2, -0.15) is 4.31 Å². The lowest BCUT2D eigenvalue weighted by molar-refractivity contribution is 0.0948. The summed E-state index contributed by atoms with van der Waals surface area (Å²) in [7, 11) is -3.75. The molecular weight excluding hydrogens is 367 g/mol. The van der Waals surface area contributed by atoms with Gasteiger partial charge in [-0.3, -0.25) is 4.79 Å². The fourth-order valence-electron chi connectivity index (χ4n) is 3.64. The van der Waals surface area contributed by atoms with E-state index in [1.54, 1.807) is 0 Å². The molecule has 0 bridgehead atoms. The summed E-state index contributed by atoms with van der Waals surface area (Å²) >= 11 is 0. The SMILES string of the molecule is CCCCCCNC(=O)c1cc(S(=O)(=O)N2C[C@@H](C)C[C@H](C)C2)ccc1F. The van der Waals surface area contributed by atoms with Crippen molar-refractivity contribution >= 4 is 15.9 Å². The van der Waals surface area contributed by atoms with Crippen molar-refractivity contribution in [2.45, 2.75) is 57.8 Å². The molecule has 0 radical (unpaired) electrons. The summed E-state index contributed by atoms with van der Waals surface area (Å²) in [5.41, 5.74) is -0.218. The molecular formula is C20H31FN2O3S. The molecule has 2 atom stereocenters. The highest BCUT2D eigenvalue weighted by Gasteiger charge is 2.32. The Labute approximate surface area is 162 Å². The van der Waals surface area contributed by atoms with Gasteiger partial charge < -0.3 is 5.32 Å². The Kier molecular flexibility index (Phi) is 7.79. The van der Waals surface area contributed by atoms with E-state index in [0.29, 0.717) is 19.6 Å². The molecule has 7 heteroatoms. The number of hydrogen-bond acceptors (Lipinski definition) is 3. The van der Waals surface area contributed by atoms with Gasteiger partial charge in [0, 0.05) is 19.6 Å². The number of carbonyl (C=O) groups excluding carboxylic acids is 1. The minimum Gasteiger partial charge on any atom is -0.352 e. The third kappa shape index (κ3) is 5.75. The van der Waals surface area contributed by atoms with E-state index in [1.807, 2.05) is 13.8 Å². The highest BCUT2D eigenvalue weighted by atomic mass is 32.2. The molecule has 1 aliphatic heterocycles. The van der Waals surface area contributed by atoms with E-state index in [-0.39, 0.29) is 22.3 Å². The van der Waals surface area contributed by atoms with Gasteiger partial charge in [-0.05, 0) is 42.9 Å². The van der Waals surface area contributed by atoms with Crippen LogP contribution < -0.4 is 5.32 Å². The molecule has 0 saturated carbocycles. The predicted molar refractivity (Wildman–Crippen MR) is 105 cm³/mol. The van der Waals surface area contributed by atoms with E-state index >= 15 is 0 Å². The Bertz CT molecular complexity index is 742. The van der Waals surface area contributed by atoms with Crippen LogP contribution in [-0.2, 0) is 10.0 Å². The van der Waals surface area contributed by atoms with Gasteiger partial charge in [0.05, 0.1) is 10.5 Å². The largest absolute Gasteiger partial charge is 0.352 e. The molecule has 0 unspecified atom stereocenters. The van der Waals surface area contributed by atoms with Gasteiger partial charge in [0.1, 0.15) is 5.82 Å². The Hall–Kier alpha value is -1.47. The predicted octanol–water partition coefficient (Wildman–Crippen LogP) is 3.80. The van der Waals surface area contributed by atoms with E-state index in [4.69, 9.17) is 0 Å². The second-order valence-corrected chi connectivity index (χ2v) is 9.66. The lowest BCUT2D eigenvalue weighted by Crippen LogP contribution is -2.42. The van der Waals surface area contributed by atoms with Crippen LogP contribution in [0.3, 0.4) is 0 Å². The molecule has 1 saturated heterocycles. The van der Waals surface area contributed by atoms with Gasteiger partial charge in [0.2, 0.25) is 10.0 Å². The smallest absolute Gasteiger partial charge is 0.254 e. The van der Waals surface area contributed by atoms with E-state index in [9.17, 15) is 17.6 Å². The molecule has 1 N–H and O–H groups in total. The van der Waals surface area contributed by atoms with Crippen molar-refractivity contribution in [1.82, 2.24) is 9.62 Å². The van der Waals surface area contributed by atoms with Crippen LogP contribution in [-0.4, -0.2) is 38.3 Å². The van der Waals surface area contributed by atoms with Crippen LogP contribution in [0.4, 0.5) is 4.39 Å². The first-order valence-corrected chi connectivity index (χ1v) is 11.3. The number of piperidine rings is 1. The molecule has 1 fully saturated rings. The normalized spacial score (nSPS) is 21.2. The summed E-state index contributed by atoms with van der Waals surface area (Å²) < 4.78 is 41.5. The zero-order valence-corrected chi connectivity index (χ0v) is 17.3. The second-order valence-electron chi connectivity index (χ2n) is 7.73. The lowest BCUT2D eigenvalue weighted by atomic mass is 9.94. The second kappa shape index (κ2) is 9.64. The fourth-order valence-corrected chi connectivity index (χ4v) is 5.35. The minimum absolute atomic E-state index is 0.0265. The van der Waals surface area contributed by atoms with Crippen molar-refractivity contribution in [1.29, 1.82) is 0 Å². The van der Waals surface area contributed by atoms with Gasteiger partial charge in [-0.25, -0.2) is 12.8 Å². The van der Waals surface area contributed by atoms with Crippen molar-refractivity contribution in [3.63, 3.8) is 0 Å². The Morgan fingerprint density at radius 1 is 1.19 bits per heavy atom. The van der Waals surface area contributed by atoms with Crippen LogP contribution in [0.2, 0.25) is 0 Å². The van der Waals surface area contributed by atoms with Gasteiger partial charge in [-0.15, -0.1) is 0 Å². The summed E-state index contributed by atoms with van der Waals surface area (Å²) in [6.07, 6.45) is 4.99. The molecule has 27 heavy (non-hydrogen) atoms. The molecule has 1 heterocycles. The maximum atomic E-state index is 14.1. The monoisotopic (exact) mass is 398 g/mol. The zero-order valence-electron chi connectivity index (χ0n) is 16.5. The average molecular weight is 399 g/mol. The third-order valence-corrected chi connectivity index (χ3v) is 6.80. The highest BCUT2D eigenvalue weighted by Crippen LogP contribution is 2.27. The maximum absolute atomic E-state index is 14.1. The van der Waals surface area contributed by atoms with Crippen molar-refractivity contribution in [3.05, 3.63) is 29.6 Å². The van der Waals surface area contributed by atoms with Crippen LogP contribution in [0, 0.1) is 17.7 Å². The fraction of sp³-hybridized carbons (Fsp3) is 0.650. The van der Waals surface area contributed by atoms with Crippen molar-refractivity contribution < 1.29 is 17.6 Å². The van der Waals surface area contributed by atoms with Crippen LogP contribution >= 0.6 is 0 Å². The first-order chi connectivity index (χ1) is 12.8. The van der Waals surface area contributed by atoms with E-state index in [2.05, 4.69) is 12.2 Å². The quantitative estimate of drug-likeness (QED) is 0.677. The molecule has 1 aromatic rings. The molecule has 0 spiro atoms. The molecule has 1 aliphatic rings. The summed E-state index contributed by atoms with van der Waals surface area (Å²) in [6, 6.07) is 3.47. The maximum Gasteiger partial charge on any atom is 0.254 e. The van der Waals surface area contributed by atoms with Crippen molar-refractivity contribution in [2.75, 3.05) is 19.6 Å². The standard InChI is InChI=1S/C20H31FN2O3S/c1-4-5-6-7-10-22-20(24)18-12-17(8-9-19(18)21)27(25,26)23-13-15(2)11-16(3)14-23/h8-9,12,15-16H,4-7,10-11,13-14H2,1-3H3,(H,22,24)/t15-,16-/m0/s1. The van der Waals surface area contributed by atoms with Crippen molar-refractivity contribution in [2.24, 2.45) is 11.8 Å². The summed E-state index contributed by atoms with van der Waals surface area (Å²) in [6.45, 7) is 7.51. The van der Waals surface area contributed by atoms with Gasteiger partial charge in [0.15, 0.2) is 0 Å². The molecule has 2 rings (SSSR count). The summed E-state index contributed by atoms with van der Waals surface area (Å²) in [5, 5.41) is 2.68. The van der Waals surface area contributed by atoms with Crippen LogP contribution in [0.15, 0.2) is 23.1 Å². The third-order valence-electron chi connectivity index (χ3n) is 4.97. The number of unbranched alkanes of at least 4 members (excludes halogenated alkanes) is 3. The van der Waals surface area contributed by atoms with Crippen LogP contribution in [0.25, 0.3) is 0 Å². The van der Waals surface area contributed by atoms with Crippen molar-refractivity contribution in [3.8, 4) is 0 Å². The van der Waals surface area contributed by atoms with Crippen LogP contribution in [0.5, 0.6) is 0 Å². The average Bonchev–Trinajstić information content (AvgIpc) is 2.60. The number of benzene rings is 1. The number of carbonyl (C=O) groups is 1. The lowest BCUT2D eigenvalue weighted by Gasteiger charge is -2.34. The number of nitrogens with zero attached hydrogens (tertiary/aromatic N) is 1. The summed E-state index contributed by atoms with van der Waals surface area (Å²) in [4.78, 5) is 12.3.